The van der Waals surface area contributed by atoms with Crippen LogP contribution in [0.2, 0.25) is 0 Å². The van der Waals surface area contributed by atoms with E-state index in [9.17, 15) is 4.79 Å². The highest BCUT2D eigenvalue weighted by atomic mass is 16.1. The third-order valence-corrected chi connectivity index (χ3v) is 3.14. The van der Waals surface area contributed by atoms with E-state index < -0.39 is 0 Å². The third kappa shape index (κ3) is 2.38. The normalized spacial score (nSPS) is 17.9. The van der Waals surface area contributed by atoms with Crippen LogP contribution in [-0.4, -0.2) is 11.9 Å². The quantitative estimate of drug-likeness (QED) is 0.803. The Morgan fingerprint density at radius 1 is 1.33 bits per heavy atom. The van der Waals surface area contributed by atoms with E-state index in [-0.39, 0.29) is 11.8 Å². The molecule has 1 aromatic carbocycles. The van der Waals surface area contributed by atoms with Crippen LogP contribution in [0, 0.1) is 0 Å². The summed E-state index contributed by atoms with van der Waals surface area (Å²) in [6.45, 7) is 1.96. The fraction of sp³-hybridized carbons (Fsp3) is 0.462. The molecular weight excluding hydrogens is 186 g/mol. The summed E-state index contributed by atoms with van der Waals surface area (Å²) in [7, 11) is 0. The fourth-order valence-electron chi connectivity index (χ4n) is 1.77. The third-order valence-electron chi connectivity index (χ3n) is 3.14. The van der Waals surface area contributed by atoms with Gasteiger partial charge in [0, 0.05) is 6.04 Å². The maximum Gasteiger partial charge on any atom is 0.227 e. The molecule has 2 nitrogen and oxygen atoms in total. The molecule has 1 N–H and O–H groups in total. The molecule has 0 heterocycles. The predicted molar refractivity (Wildman–Crippen MR) is 60.6 cm³/mol. The molecule has 0 bridgehead atoms. The van der Waals surface area contributed by atoms with E-state index in [2.05, 4.69) is 5.32 Å². The van der Waals surface area contributed by atoms with Gasteiger partial charge in [0.15, 0.2) is 0 Å². The van der Waals surface area contributed by atoms with Crippen molar-refractivity contribution in [2.75, 3.05) is 0 Å². The highest BCUT2D eigenvalue weighted by Gasteiger charge is 2.22. The van der Waals surface area contributed by atoms with Gasteiger partial charge < -0.3 is 5.32 Å². The SMILES string of the molecule is C[C@@H](C(=O)NC1CCC1)c1ccccc1. The fourth-order valence-corrected chi connectivity index (χ4v) is 1.77. The predicted octanol–water partition coefficient (Wildman–Crippen LogP) is 2.46. The molecule has 0 aliphatic heterocycles. The van der Waals surface area contributed by atoms with Crippen molar-refractivity contribution < 1.29 is 4.79 Å². The Bertz CT molecular complexity index is 330. The van der Waals surface area contributed by atoms with Crippen molar-refractivity contribution in [2.24, 2.45) is 0 Å². The van der Waals surface area contributed by atoms with Crippen LogP contribution in [0.25, 0.3) is 0 Å². The lowest BCUT2D eigenvalue weighted by Gasteiger charge is -2.27. The molecule has 1 aliphatic carbocycles. The van der Waals surface area contributed by atoms with Crippen LogP contribution in [0.1, 0.15) is 37.7 Å². The largest absolute Gasteiger partial charge is 0.353 e. The number of hydrogen-bond donors (Lipinski definition) is 1. The second-order valence-electron chi connectivity index (χ2n) is 4.27. The second-order valence-corrected chi connectivity index (χ2v) is 4.27. The highest BCUT2D eigenvalue weighted by Crippen LogP contribution is 2.20. The van der Waals surface area contributed by atoms with Gasteiger partial charge in [-0.2, -0.15) is 0 Å². The van der Waals surface area contributed by atoms with Crippen molar-refractivity contribution in [3.8, 4) is 0 Å². The topological polar surface area (TPSA) is 29.1 Å². The van der Waals surface area contributed by atoms with E-state index in [1.54, 1.807) is 0 Å². The van der Waals surface area contributed by atoms with Crippen LogP contribution >= 0.6 is 0 Å². The molecule has 1 aromatic rings. The van der Waals surface area contributed by atoms with E-state index in [0.717, 1.165) is 18.4 Å². The van der Waals surface area contributed by atoms with Crippen LogP contribution in [0.3, 0.4) is 0 Å². The molecule has 0 unspecified atom stereocenters. The van der Waals surface area contributed by atoms with Crippen molar-refractivity contribution in [3.63, 3.8) is 0 Å². The van der Waals surface area contributed by atoms with Crippen LogP contribution in [0.15, 0.2) is 30.3 Å². The molecule has 1 aliphatic rings. The Hall–Kier alpha value is -1.31. The first kappa shape index (κ1) is 10.2. The lowest BCUT2D eigenvalue weighted by Crippen LogP contribution is -2.41. The summed E-state index contributed by atoms with van der Waals surface area (Å²) >= 11 is 0. The smallest absolute Gasteiger partial charge is 0.227 e. The standard InChI is InChI=1S/C13H17NO/c1-10(11-6-3-2-4-7-11)13(15)14-12-8-5-9-12/h2-4,6-7,10,12H,5,8-9H2,1H3,(H,14,15)/t10-/m1/s1. The summed E-state index contributed by atoms with van der Waals surface area (Å²) in [6.07, 6.45) is 3.55. The van der Waals surface area contributed by atoms with E-state index in [1.165, 1.54) is 6.42 Å². The number of nitrogens with one attached hydrogen (secondary N) is 1. The molecule has 1 saturated carbocycles. The molecule has 0 spiro atoms. The molecule has 1 atom stereocenters. The number of carbonyl (C=O) groups is 1. The zero-order valence-electron chi connectivity index (χ0n) is 9.07. The number of benzene rings is 1. The van der Waals surface area contributed by atoms with Gasteiger partial charge in [0.2, 0.25) is 5.91 Å². The summed E-state index contributed by atoms with van der Waals surface area (Å²) in [6, 6.07) is 10.4. The molecule has 80 valence electrons. The minimum atomic E-state index is -0.0354. The highest BCUT2D eigenvalue weighted by molar-refractivity contribution is 5.83. The Morgan fingerprint density at radius 3 is 2.53 bits per heavy atom. The number of amides is 1. The Kier molecular flexibility index (Phi) is 3.05. The zero-order valence-corrected chi connectivity index (χ0v) is 9.07. The summed E-state index contributed by atoms with van der Waals surface area (Å²) in [5.74, 6) is 0.123. The zero-order chi connectivity index (χ0) is 10.7. The molecule has 15 heavy (non-hydrogen) atoms. The molecule has 0 radical (unpaired) electrons. The summed E-state index contributed by atoms with van der Waals surface area (Å²) < 4.78 is 0. The van der Waals surface area contributed by atoms with Crippen LogP contribution in [0.5, 0.6) is 0 Å². The molecule has 0 aromatic heterocycles. The first-order valence-corrected chi connectivity index (χ1v) is 5.62. The van der Waals surface area contributed by atoms with Crippen LogP contribution in [0.4, 0.5) is 0 Å². The molecular formula is C13H17NO. The van der Waals surface area contributed by atoms with Gasteiger partial charge in [-0.25, -0.2) is 0 Å². The van der Waals surface area contributed by atoms with Gasteiger partial charge in [-0.15, -0.1) is 0 Å². The van der Waals surface area contributed by atoms with Crippen molar-refractivity contribution in [3.05, 3.63) is 35.9 Å². The molecule has 2 heteroatoms. The van der Waals surface area contributed by atoms with Crippen molar-refractivity contribution in [2.45, 2.75) is 38.1 Å². The van der Waals surface area contributed by atoms with Crippen LogP contribution < -0.4 is 5.32 Å². The van der Waals surface area contributed by atoms with Gasteiger partial charge >= 0.3 is 0 Å². The van der Waals surface area contributed by atoms with Gasteiger partial charge in [-0.3, -0.25) is 4.79 Å². The average molecular weight is 203 g/mol. The summed E-state index contributed by atoms with van der Waals surface area (Å²) in [5.41, 5.74) is 1.09. The first-order chi connectivity index (χ1) is 7.27. The van der Waals surface area contributed by atoms with Gasteiger partial charge in [-0.1, -0.05) is 30.3 Å². The Balaban J connectivity index is 1.94. The maximum atomic E-state index is 11.8. The summed E-state index contributed by atoms with van der Waals surface area (Å²) in [5, 5.41) is 3.08. The first-order valence-electron chi connectivity index (χ1n) is 5.62. The van der Waals surface area contributed by atoms with E-state index in [0.29, 0.717) is 6.04 Å². The van der Waals surface area contributed by atoms with Crippen molar-refractivity contribution in [1.29, 1.82) is 0 Å². The van der Waals surface area contributed by atoms with Crippen LogP contribution in [-0.2, 0) is 4.79 Å². The number of carbonyl (C=O) groups excluding carboxylic acids is 1. The number of rotatable bonds is 3. The Labute approximate surface area is 90.7 Å². The molecule has 1 amide bonds. The minimum Gasteiger partial charge on any atom is -0.353 e. The van der Waals surface area contributed by atoms with Gasteiger partial charge in [0.25, 0.3) is 0 Å². The molecule has 0 saturated heterocycles. The lowest BCUT2D eigenvalue weighted by atomic mass is 9.92. The van der Waals surface area contributed by atoms with E-state index >= 15 is 0 Å². The van der Waals surface area contributed by atoms with Gasteiger partial charge in [-0.05, 0) is 31.7 Å². The monoisotopic (exact) mass is 203 g/mol. The van der Waals surface area contributed by atoms with Crippen molar-refractivity contribution >= 4 is 5.91 Å². The lowest BCUT2D eigenvalue weighted by molar-refractivity contribution is -0.123. The van der Waals surface area contributed by atoms with Crippen molar-refractivity contribution in [1.82, 2.24) is 5.32 Å². The van der Waals surface area contributed by atoms with E-state index in [1.807, 2.05) is 37.3 Å². The molecule has 2 rings (SSSR count). The van der Waals surface area contributed by atoms with Gasteiger partial charge in [0.1, 0.15) is 0 Å². The summed E-state index contributed by atoms with van der Waals surface area (Å²) in [4.78, 5) is 11.8. The van der Waals surface area contributed by atoms with E-state index in [4.69, 9.17) is 0 Å². The second kappa shape index (κ2) is 4.47. The van der Waals surface area contributed by atoms with Gasteiger partial charge in [0.05, 0.1) is 5.92 Å². The Morgan fingerprint density at radius 2 is 2.00 bits per heavy atom. The average Bonchev–Trinajstić information content (AvgIpc) is 2.23. The maximum absolute atomic E-state index is 11.8. The molecule has 1 fully saturated rings. The minimum absolute atomic E-state index is 0.0354. The number of hydrogen-bond acceptors (Lipinski definition) is 1.